The normalized spacial score (nSPS) is 21.8. The van der Waals surface area contributed by atoms with E-state index in [0.717, 1.165) is 5.56 Å². The number of rotatable bonds is 4. The SMILES string of the molecule is C[C@H]1CN(S(=O)(=O)c2ccc([N+](=O)[O-])cc2)C[C@H](c2ccccc2)N1. The van der Waals surface area contributed by atoms with Gasteiger partial charge in [-0.05, 0) is 24.6 Å². The van der Waals surface area contributed by atoms with Crippen LogP contribution in [0, 0.1) is 10.1 Å². The summed E-state index contributed by atoms with van der Waals surface area (Å²) in [5.41, 5.74) is 0.896. The fraction of sp³-hybridized carbons (Fsp3) is 0.294. The Morgan fingerprint density at radius 1 is 1.08 bits per heavy atom. The summed E-state index contributed by atoms with van der Waals surface area (Å²) in [4.78, 5) is 10.3. The molecule has 8 heteroatoms. The van der Waals surface area contributed by atoms with Crippen LogP contribution in [0.5, 0.6) is 0 Å². The summed E-state index contributed by atoms with van der Waals surface area (Å²) in [6.07, 6.45) is 0. The maximum Gasteiger partial charge on any atom is 0.269 e. The first-order valence-electron chi connectivity index (χ1n) is 7.93. The van der Waals surface area contributed by atoms with E-state index in [1.807, 2.05) is 37.3 Å². The zero-order chi connectivity index (χ0) is 18.0. The zero-order valence-electron chi connectivity index (χ0n) is 13.7. The summed E-state index contributed by atoms with van der Waals surface area (Å²) in [5.74, 6) is 0. The number of sulfonamides is 1. The first-order valence-corrected chi connectivity index (χ1v) is 9.37. The highest BCUT2D eigenvalue weighted by atomic mass is 32.2. The van der Waals surface area contributed by atoms with Gasteiger partial charge < -0.3 is 5.32 Å². The molecular formula is C17H19N3O4S. The number of hydrogen-bond acceptors (Lipinski definition) is 5. The van der Waals surface area contributed by atoms with Gasteiger partial charge in [0.1, 0.15) is 0 Å². The topological polar surface area (TPSA) is 92.5 Å². The second kappa shape index (κ2) is 6.91. The predicted molar refractivity (Wildman–Crippen MR) is 93.6 cm³/mol. The van der Waals surface area contributed by atoms with Crippen molar-refractivity contribution in [1.82, 2.24) is 9.62 Å². The van der Waals surface area contributed by atoms with Crippen molar-refractivity contribution in [2.24, 2.45) is 0 Å². The fourth-order valence-corrected chi connectivity index (χ4v) is 4.55. The van der Waals surface area contributed by atoms with E-state index in [2.05, 4.69) is 5.32 Å². The Bertz CT molecular complexity index is 853. The predicted octanol–water partition coefficient (Wildman–Crippen LogP) is 2.32. The van der Waals surface area contributed by atoms with Gasteiger partial charge in [-0.2, -0.15) is 4.31 Å². The van der Waals surface area contributed by atoms with Gasteiger partial charge in [0.05, 0.1) is 9.82 Å². The number of hydrogen-bond donors (Lipinski definition) is 1. The van der Waals surface area contributed by atoms with Crippen LogP contribution in [0.2, 0.25) is 0 Å². The summed E-state index contributed by atoms with van der Waals surface area (Å²) >= 11 is 0. The summed E-state index contributed by atoms with van der Waals surface area (Å²) in [5, 5.41) is 14.2. The highest BCUT2D eigenvalue weighted by Gasteiger charge is 2.33. The largest absolute Gasteiger partial charge is 0.305 e. The van der Waals surface area contributed by atoms with Gasteiger partial charge in [-0.3, -0.25) is 10.1 Å². The van der Waals surface area contributed by atoms with Crippen LogP contribution in [0.3, 0.4) is 0 Å². The van der Waals surface area contributed by atoms with Crippen LogP contribution >= 0.6 is 0 Å². The van der Waals surface area contributed by atoms with E-state index in [0.29, 0.717) is 13.1 Å². The Morgan fingerprint density at radius 3 is 2.32 bits per heavy atom. The second-order valence-electron chi connectivity index (χ2n) is 6.10. The van der Waals surface area contributed by atoms with Crippen LogP contribution in [0.25, 0.3) is 0 Å². The molecule has 132 valence electrons. The minimum absolute atomic E-state index is 0.00761. The molecule has 1 fully saturated rings. The van der Waals surface area contributed by atoms with Crippen molar-refractivity contribution in [3.8, 4) is 0 Å². The standard InChI is InChI=1S/C17H19N3O4S/c1-13-11-19(12-17(18-13)14-5-3-2-4-6-14)25(23,24)16-9-7-15(8-10-16)20(21)22/h2-10,13,17-18H,11-12H2,1H3/t13-,17+/m0/s1. The van der Waals surface area contributed by atoms with Crippen LogP contribution in [0.1, 0.15) is 18.5 Å². The Kier molecular flexibility index (Phi) is 4.85. The fourth-order valence-electron chi connectivity index (χ4n) is 3.00. The molecule has 1 aliphatic heterocycles. The van der Waals surface area contributed by atoms with Crippen LogP contribution < -0.4 is 5.32 Å². The Hall–Kier alpha value is -2.29. The number of nitrogens with one attached hydrogen (secondary N) is 1. The van der Waals surface area contributed by atoms with Gasteiger partial charge in [0, 0.05) is 37.3 Å². The lowest BCUT2D eigenvalue weighted by Crippen LogP contribution is -2.52. The lowest BCUT2D eigenvalue weighted by molar-refractivity contribution is -0.384. The van der Waals surface area contributed by atoms with E-state index >= 15 is 0 Å². The maximum atomic E-state index is 12.9. The van der Waals surface area contributed by atoms with Crippen LogP contribution in [-0.2, 0) is 10.0 Å². The zero-order valence-corrected chi connectivity index (χ0v) is 14.5. The van der Waals surface area contributed by atoms with Crippen molar-refractivity contribution in [3.05, 3.63) is 70.3 Å². The molecule has 1 N–H and O–H groups in total. The molecule has 0 radical (unpaired) electrons. The summed E-state index contributed by atoms with van der Waals surface area (Å²) in [6.45, 7) is 2.60. The molecule has 0 unspecified atom stereocenters. The molecule has 2 aromatic carbocycles. The second-order valence-corrected chi connectivity index (χ2v) is 8.04. The monoisotopic (exact) mass is 361 g/mol. The number of nitro benzene ring substituents is 1. The van der Waals surface area contributed by atoms with Crippen molar-refractivity contribution >= 4 is 15.7 Å². The molecule has 0 amide bonds. The van der Waals surface area contributed by atoms with E-state index in [4.69, 9.17) is 0 Å². The lowest BCUT2D eigenvalue weighted by atomic mass is 10.0. The molecule has 0 saturated carbocycles. The van der Waals surface area contributed by atoms with E-state index in [-0.39, 0.29) is 22.7 Å². The number of non-ortho nitro benzene ring substituents is 1. The molecule has 25 heavy (non-hydrogen) atoms. The number of nitrogens with zero attached hydrogens (tertiary/aromatic N) is 2. The summed E-state index contributed by atoms with van der Waals surface area (Å²) < 4.78 is 27.3. The Labute approximate surface area is 146 Å². The quantitative estimate of drug-likeness (QED) is 0.666. The molecule has 1 heterocycles. The van der Waals surface area contributed by atoms with Gasteiger partial charge in [-0.1, -0.05) is 30.3 Å². The highest BCUT2D eigenvalue weighted by molar-refractivity contribution is 7.89. The first-order chi connectivity index (χ1) is 11.9. The Morgan fingerprint density at radius 2 is 1.72 bits per heavy atom. The Balaban J connectivity index is 1.87. The molecule has 0 aliphatic carbocycles. The molecule has 1 saturated heterocycles. The van der Waals surface area contributed by atoms with Crippen molar-refractivity contribution in [3.63, 3.8) is 0 Å². The molecule has 3 rings (SSSR count). The third kappa shape index (κ3) is 3.71. The van der Waals surface area contributed by atoms with Gasteiger partial charge in [-0.15, -0.1) is 0 Å². The number of piperazine rings is 1. The number of benzene rings is 2. The average Bonchev–Trinajstić information content (AvgIpc) is 2.62. The average molecular weight is 361 g/mol. The van der Waals surface area contributed by atoms with Crippen molar-refractivity contribution < 1.29 is 13.3 Å². The van der Waals surface area contributed by atoms with Gasteiger partial charge in [0.2, 0.25) is 10.0 Å². The molecule has 2 atom stereocenters. The van der Waals surface area contributed by atoms with Crippen LogP contribution in [-0.4, -0.2) is 36.8 Å². The molecule has 0 aromatic heterocycles. The van der Waals surface area contributed by atoms with Gasteiger partial charge in [0.25, 0.3) is 5.69 Å². The van der Waals surface area contributed by atoms with Crippen LogP contribution in [0.4, 0.5) is 5.69 Å². The minimum Gasteiger partial charge on any atom is -0.305 e. The van der Waals surface area contributed by atoms with Crippen molar-refractivity contribution in [2.75, 3.05) is 13.1 Å². The summed E-state index contributed by atoms with van der Waals surface area (Å²) in [6, 6.07) is 14.6. The molecular weight excluding hydrogens is 342 g/mol. The highest BCUT2D eigenvalue weighted by Crippen LogP contribution is 2.25. The maximum absolute atomic E-state index is 12.9. The van der Waals surface area contributed by atoms with Crippen LogP contribution in [0.15, 0.2) is 59.5 Å². The molecule has 0 spiro atoms. The first kappa shape index (κ1) is 17.5. The molecule has 1 aliphatic rings. The molecule has 0 bridgehead atoms. The van der Waals surface area contributed by atoms with E-state index in [9.17, 15) is 18.5 Å². The van der Waals surface area contributed by atoms with E-state index < -0.39 is 14.9 Å². The third-order valence-electron chi connectivity index (χ3n) is 4.24. The van der Waals surface area contributed by atoms with Gasteiger partial charge in [-0.25, -0.2) is 8.42 Å². The smallest absolute Gasteiger partial charge is 0.269 e. The molecule has 2 aromatic rings. The van der Waals surface area contributed by atoms with Crippen molar-refractivity contribution in [2.45, 2.75) is 23.9 Å². The van der Waals surface area contributed by atoms with E-state index in [1.165, 1.54) is 28.6 Å². The van der Waals surface area contributed by atoms with Crippen molar-refractivity contribution in [1.29, 1.82) is 0 Å². The third-order valence-corrected chi connectivity index (χ3v) is 6.08. The van der Waals surface area contributed by atoms with Gasteiger partial charge in [0.15, 0.2) is 0 Å². The van der Waals surface area contributed by atoms with Gasteiger partial charge >= 0.3 is 0 Å². The number of nitro groups is 1. The lowest BCUT2D eigenvalue weighted by Gasteiger charge is -2.37. The van der Waals surface area contributed by atoms with E-state index in [1.54, 1.807) is 0 Å². The molecule has 7 nitrogen and oxygen atoms in total. The minimum atomic E-state index is -3.71. The summed E-state index contributed by atoms with van der Waals surface area (Å²) in [7, 11) is -3.71.